The fourth-order valence-corrected chi connectivity index (χ4v) is 1.66. The lowest BCUT2D eigenvalue weighted by Gasteiger charge is -2.28. The van der Waals surface area contributed by atoms with Gasteiger partial charge < -0.3 is 10.5 Å². The zero-order chi connectivity index (χ0) is 15.4. The number of nitrogens with two attached hydrogens (primary N) is 1. The van der Waals surface area contributed by atoms with Crippen molar-refractivity contribution in [2.75, 3.05) is 13.2 Å². The van der Waals surface area contributed by atoms with E-state index in [2.05, 4.69) is 5.32 Å². The maximum absolute atomic E-state index is 12.3. The Morgan fingerprint density at radius 3 is 2.25 bits per heavy atom. The maximum atomic E-state index is 12.3. The van der Waals surface area contributed by atoms with Gasteiger partial charge in [-0.15, -0.1) is 0 Å². The van der Waals surface area contributed by atoms with E-state index in [9.17, 15) is 18.0 Å². The first-order valence-corrected chi connectivity index (χ1v) is 6.04. The molecule has 1 atom stereocenters. The molecular weight excluding hydrogens is 273 g/mol. The Bertz CT molecular complexity index is 460. The number of benzene rings is 1. The van der Waals surface area contributed by atoms with Gasteiger partial charge in [-0.25, -0.2) is 0 Å². The minimum Gasteiger partial charge on any atom is -0.494 e. The van der Waals surface area contributed by atoms with Gasteiger partial charge in [-0.1, -0.05) is 12.1 Å². The number of carbonyl (C=O) groups is 1. The molecular formula is C13H17F3N2O2. The smallest absolute Gasteiger partial charge is 0.401 e. The van der Waals surface area contributed by atoms with Crippen LogP contribution in [0.1, 0.15) is 19.4 Å². The topological polar surface area (TPSA) is 64.3 Å². The molecule has 1 aromatic rings. The molecule has 0 spiro atoms. The summed E-state index contributed by atoms with van der Waals surface area (Å²) in [7, 11) is 0. The van der Waals surface area contributed by atoms with Gasteiger partial charge in [0, 0.05) is 0 Å². The van der Waals surface area contributed by atoms with Gasteiger partial charge in [0.25, 0.3) is 0 Å². The summed E-state index contributed by atoms with van der Waals surface area (Å²) < 4.78 is 42.1. The summed E-state index contributed by atoms with van der Waals surface area (Å²) in [4.78, 5) is 11.5. The second-order valence-electron chi connectivity index (χ2n) is 4.42. The third-order valence-corrected chi connectivity index (χ3v) is 2.88. The van der Waals surface area contributed by atoms with E-state index in [-0.39, 0.29) is 0 Å². The van der Waals surface area contributed by atoms with Gasteiger partial charge in [0.1, 0.15) is 11.3 Å². The van der Waals surface area contributed by atoms with E-state index in [1.54, 1.807) is 12.1 Å². The number of carbonyl (C=O) groups excluding carboxylic acids is 1. The van der Waals surface area contributed by atoms with E-state index in [0.717, 1.165) is 0 Å². The summed E-state index contributed by atoms with van der Waals surface area (Å²) in [5.74, 6) is -0.315. The number of rotatable bonds is 6. The van der Waals surface area contributed by atoms with Crippen LogP contribution < -0.4 is 15.8 Å². The molecule has 1 rings (SSSR count). The SMILES string of the molecule is CCOc1ccc(C(C)(NCC(F)(F)F)C(N)=O)cc1. The number of hydrogen-bond donors (Lipinski definition) is 2. The summed E-state index contributed by atoms with van der Waals surface area (Å²) in [5.41, 5.74) is 3.98. The van der Waals surface area contributed by atoms with Crippen LogP contribution in [0.15, 0.2) is 24.3 Å². The lowest BCUT2D eigenvalue weighted by Crippen LogP contribution is -2.53. The molecule has 0 saturated carbocycles. The van der Waals surface area contributed by atoms with Crippen LogP contribution in [0.5, 0.6) is 5.75 Å². The van der Waals surface area contributed by atoms with Crippen molar-refractivity contribution in [3.05, 3.63) is 29.8 Å². The minimum absolute atomic E-state index is 0.345. The van der Waals surface area contributed by atoms with Crippen LogP contribution in [0, 0.1) is 0 Å². The van der Waals surface area contributed by atoms with Gasteiger partial charge in [0.15, 0.2) is 0 Å². The van der Waals surface area contributed by atoms with E-state index < -0.39 is 24.2 Å². The summed E-state index contributed by atoms with van der Waals surface area (Å²) in [5, 5.41) is 2.16. The maximum Gasteiger partial charge on any atom is 0.401 e. The molecule has 0 bridgehead atoms. The summed E-state index contributed by atoms with van der Waals surface area (Å²) in [6, 6.07) is 6.18. The molecule has 0 aromatic heterocycles. The Kier molecular flexibility index (Phi) is 4.99. The quantitative estimate of drug-likeness (QED) is 0.841. The third-order valence-electron chi connectivity index (χ3n) is 2.88. The molecule has 7 heteroatoms. The first-order chi connectivity index (χ1) is 9.19. The van der Waals surface area contributed by atoms with E-state index >= 15 is 0 Å². The Labute approximate surface area is 115 Å². The van der Waals surface area contributed by atoms with E-state index in [1.165, 1.54) is 19.1 Å². The molecule has 1 aromatic carbocycles. The number of hydrogen-bond acceptors (Lipinski definition) is 3. The number of alkyl halides is 3. The number of primary amides is 1. The van der Waals surface area contributed by atoms with Crippen LogP contribution in [-0.4, -0.2) is 25.2 Å². The van der Waals surface area contributed by atoms with Crippen molar-refractivity contribution in [2.45, 2.75) is 25.6 Å². The number of ether oxygens (including phenoxy) is 1. The van der Waals surface area contributed by atoms with Crippen molar-refractivity contribution >= 4 is 5.91 Å². The first-order valence-electron chi connectivity index (χ1n) is 6.04. The number of nitrogens with one attached hydrogen (secondary N) is 1. The van der Waals surface area contributed by atoms with Gasteiger partial charge in [0.05, 0.1) is 13.2 Å². The minimum atomic E-state index is -4.43. The van der Waals surface area contributed by atoms with Gasteiger partial charge in [-0.3, -0.25) is 10.1 Å². The largest absolute Gasteiger partial charge is 0.494 e. The molecule has 1 unspecified atom stereocenters. The molecule has 0 saturated heterocycles. The molecule has 0 aliphatic rings. The molecule has 0 aliphatic heterocycles. The molecule has 112 valence electrons. The highest BCUT2D eigenvalue weighted by atomic mass is 19.4. The molecule has 20 heavy (non-hydrogen) atoms. The third kappa shape index (κ3) is 4.12. The first kappa shape index (κ1) is 16.3. The van der Waals surface area contributed by atoms with Gasteiger partial charge in [0.2, 0.25) is 5.91 Å². The molecule has 0 radical (unpaired) electrons. The molecule has 0 aliphatic carbocycles. The number of amides is 1. The standard InChI is InChI=1S/C13H17F3N2O2/c1-3-20-10-6-4-9(5-7-10)12(2,11(17)19)18-8-13(14,15)16/h4-7,18H,3,8H2,1-2H3,(H2,17,19). The monoisotopic (exact) mass is 290 g/mol. The normalized spacial score (nSPS) is 14.7. The highest BCUT2D eigenvalue weighted by molar-refractivity contribution is 5.85. The lowest BCUT2D eigenvalue weighted by molar-refractivity contribution is -0.135. The zero-order valence-corrected chi connectivity index (χ0v) is 11.3. The Balaban J connectivity index is 2.97. The average Bonchev–Trinajstić information content (AvgIpc) is 2.36. The van der Waals surface area contributed by atoms with Crippen LogP contribution in [0.4, 0.5) is 13.2 Å². The molecule has 3 N–H and O–H groups in total. The van der Waals surface area contributed by atoms with Crippen LogP contribution >= 0.6 is 0 Å². The lowest BCUT2D eigenvalue weighted by atomic mass is 9.91. The highest BCUT2D eigenvalue weighted by Crippen LogP contribution is 2.25. The van der Waals surface area contributed by atoms with Crippen molar-refractivity contribution in [1.82, 2.24) is 5.32 Å². The van der Waals surface area contributed by atoms with E-state index in [1.807, 2.05) is 6.92 Å². The van der Waals surface area contributed by atoms with E-state index in [4.69, 9.17) is 10.5 Å². The van der Waals surface area contributed by atoms with Crippen molar-refractivity contribution < 1.29 is 22.7 Å². The second-order valence-corrected chi connectivity index (χ2v) is 4.42. The molecule has 1 amide bonds. The average molecular weight is 290 g/mol. The number of halogens is 3. The zero-order valence-electron chi connectivity index (χ0n) is 11.3. The van der Waals surface area contributed by atoms with Gasteiger partial charge >= 0.3 is 6.18 Å². The second kappa shape index (κ2) is 6.13. The Morgan fingerprint density at radius 2 is 1.85 bits per heavy atom. The van der Waals surface area contributed by atoms with Crippen LogP contribution in [0.25, 0.3) is 0 Å². The summed E-state index contributed by atoms with van der Waals surface area (Å²) in [6.45, 7) is 2.29. The van der Waals surface area contributed by atoms with Crippen LogP contribution in [-0.2, 0) is 10.3 Å². The predicted molar refractivity (Wildman–Crippen MR) is 68.2 cm³/mol. The van der Waals surface area contributed by atoms with E-state index in [0.29, 0.717) is 17.9 Å². The summed E-state index contributed by atoms with van der Waals surface area (Å²) in [6.07, 6.45) is -4.43. The predicted octanol–water partition coefficient (Wildman–Crippen LogP) is 1.94. The Morgan fingerprint density at radius 1 is 1.30 bits per heavy atom. The van der Waals surface area contributed by atoms with Gasteiger partial charge in [-0.05, 0) is 31.5 Å². The fraction of sp³-hybridized carbons (Fsp3) is 0.462. The molecule has 0 heterocycles. The van der Waals surface area contributed by atoms with Crippen molar-refractivity contribution in [2.24, 2.45) is 5.73 Å². The van der Waals surface area contributed by atoms with Crippen LogP contribution in [0.2, 0.25) is 0 Å². The van der Waals surface area contributed by atoms with Crippen LogP contribution in [0.3, 0.4) is 0 Å². The van der Waals surface area contributed by atoms with Gasteiger partial charge in [-0.2, -0.15) is 13.2 Å². The van der Waals surface area contributed by atoms with Crippen molar-refractivity contribution in [3.8, 4) is 5.75 Å². The Hall–Kier alpha value is -1.76. The summed E-state index contributed by atoms with van der Waals surface area (Å²) >= 11 is 0. The highest BCUT2D eigenvalue weighted by Gasteiger charge is 2.37. The van der Waals surface area contributed by atoms with Crippen molar-refractivity contribution in [3.63, 3.8) is 0 Å². The molecule has 4 nitrogen and oxygen atoms in total. The fourth-order valence-electron chi connectivity index (χ4n) is 1.66. The van der Waals surface area contributed by atoms with Crippen molar-refractivity contribution in [1.29, 1.82) is 0 Å². The molecule has 0 fully saturated rings.